The Balaban J connectivity index is 1.97. The molecule has 10 heteroatoms. The van der Waals surface area contributed by atoms with Gasteiger partial charge in [-0.15, -0.1) is 0 Å². The fraction of sp³-hybridized carbons (Fsp3) is 0.471. The summed E-state index contributed by atoms with van der Waals surface area (Å²) in [7, 11) is 0. The van der Waals surface area contributed by atoms with E-state index in [4.69, 9.17) is 4.74 Å². The summed E-state index contributed by atoms with van der Waals surface area (Å²) in [5.74, 6) is -2.07. The van der Waals surface area contributed by atoms with Gasteiger partial charge in [0.25, 0.3) is 5.91 Å². The Bertz CT molecular complexity index is 691. The van der Waals surface area contributed by atoms with E-state index < -0.39 is 18.2 Å². The molecule has 0 N–H and O–H groups in total. The summed E-state index contributed by atoms with van der Waals surface area (Å²) in [4.78, 5) is 37.2. The summed E-state index contributed by atoms with van der Waals surface area (Å²) in [5.41, 5.74) is 0.293. The van der Waals surface area contributed by atoms with Gasteiger partial charge in [-0.25, -0.2) is 4.79 Å². The molecule has 0 radical (unpaired) electrons. The number of carbonyl (C=O) groups is 3. The molecule has 2 amide bonds. The molecule has 0 aliphatic carbocycles. The van der Waals surface area contributed by atoms with Gasteiger partial charge in [0, 0.05) is 31.7 Å². The molecule has 1 saturated heterocycles. The number of alkyl halides is 3. The Morgan fingerprint density at radius 3 is 2.19 bits per heavy atom. The van der Waals surface area contributed by atoms with Gasteiger partial charge >= 0.3 is 18.2 Å². The van der Waals surface area contributed by atoms with Crippen LogP contribution in [0.2, 0.25) is 0 Å². The van der Waals surface area contributed by atoms with E-state index >= 15 is 0 Å². The Morgan fingerprint density at radius 1 is 1.00 bits per heavy atom. The Labute approximate surface area is 153 Å². The third-order valence-corrected chi connectivity index (χ3v) is 3.88. The minimum Gasteiger partial charge on any atom is -0.434 e. The van der Waals surface area contributed by atoms with Crippen LogP contribution in [0, 0.1) is 0 Å². The van der Waals surface area contributed by atoms with Crippen molar-refractivity contribution in [3.63, 3.8) is 0 Å². The number of benzene rings is 1. The lowest BCUT2D eigenvalue weighted by molar-refractivity contribution is -0.185. The quantitative estimate of drug-likeness (QED) is 0.587. The lowest BCUT2D eigenvalue weighted by Gasteiger charge is -2.23. The van der Waals surface area contributed by atoms with Crippen LogP contribution >= 0.6 is 0 Å². The highest BCUT2D eigenvalue weighted by molar-refractivity contribution is 5.94. The van der Waals surface area contributed by atoms with Crippen LogP contribution in [0.4, 0.5) is 18.0 Å². The molecule has 0 unspecified atom stereocenters. The third kappa shape index (κ3) is 5.60. The lowest BCUT2D eigenvalue weighted by atomic mass is 10.2. The molecular weight excluding hydrogens is 369 g/mol. The average molecular weight is 388 g/mol. The maximum Gasteiger partial charge on any atom is 0.513 e. The summed E-state index contributed by atoms with van der Waals surface area (Å²) < 4.78 is 47.2. The van der Waals surface area contributed by atoms with E-state index in [1.54, 1.807) is 6.92 Å². The van der Waals surface area contributed by atoms with Crippen molar-refractivity contribution >= 4 is 18.0 Å². The lowest BCUT2D eigenvalue weighted by Crippen LogP contribution is -2.43. The molecule has 1 fully saturated rings. The van der Waals surface area contributed by atoms with Gasteiger partial charge in [-0.1, -0.05) is 0 Å². The van der Waals surface area contributed by atoms with E-state index in [9.17, 15) is 27.6 Å². The largest absolute Gasteiger partial charge is 0.513 e. The Hall–Kier alpha value is -2.78. The van der Waals surface area contributed by atoms with Crippen molar-refractivity contribution in [3.8, 4) is 5.75 Å². The van der Waals surface area contributed by atoms with Crippen LogP contribution in [0.5, 0.6) is 5.75 Å². The monoisotopic (exact) mass is 388 g/mol. The number of carbonyl (C=O) groups excluding carboxylic acids is 3. The summed E-state index contributed by atoms with van der Waals surface area (Å²) in [5, 5.41) is 0. The van der Waals surface area contributed by atoms with Crippen LogP contribution < -0.4 is 4.74 Å². The zero-order chi connectivity index (χ0) is 20.0. The number of nitrogens with zero attached hydrogens (tertiary/aromatic N) is 2. The van der Waals surface area contributed by atoms with Crippen LogP contribution in [-0.4, -0.2) is 66.7 Å². The van der Waals surface area contributed by atoms with Crippen LogP contribution in [0.1, 0.15) is 23.7 Å². The van der Waals surface area contributed by atoms with Gasteiger partial charge < -0.3 is 19.3 Å². The van der Waals surface area contributed by atoms with Crippen molar-refractivity contribution < 1.29 is 37.0 Å². The zero-order valence-corrected chi connectivity index (χ0v) is 14.6. The van der Waals surface area contributed by atoms with Crippen LogP contribution in [0.15, 0.2) is 24.3 Å². The molecule has 27 heavy (non-hydrogen) atoms. The summed E-state index contributed by atoms with van der Waals surface area (Å²) in [6, 6.07) is 5.73. The van der Waals surface area contributed by atoms with Gasteiger partial charge in [0.15, 0.2) is 0 Å². The molecule has 0 saturated carbocycles. The predicted octanol–water partition coefficient (Wildman–Crippen LogP) is 2.46. The Morgan fingerprint density at radius 2 is 1.59 bits per heavy atom. The number of halogens is 3. The van der Waals surface area contributed by atoms with E-state index in [0.717, 1.165) is 0 Å². The molecular formula is C17H19F3N2O5. The Kier molecular flexibility index (Phi) is 6.65. The van der Waals surface area contributed by atoms with Crippen molar-refractivity contribution in [2.45, 2.75) is 19.5 Å². The smallest absolute Gasteiger partial charge is 0.434 e. The van der Waals surface area contributed by atoms with E-state index in [-0.39, 0.29) is 50.9 Å². The van der Waals surface area contributed by atoms with Crippen LogP contribution in [0.25, 0.3) is 0 Å². The molecule has 1 heterocycles. The van der Waals surface area contributed by atoms with Gasteiger partial charge in [-0.05, 0) is 37.6 Å². The molecule has 1 aromatic rings. The van der Waals surface area contributed by atoms with Gasteiger partial charge in [0.05, 0.1) is 6.61 Å². The SMILES string of the molecule is CCOC(=O)Oc1ccc(C(=O)N2CCCN(C(=O)C(F)(F)F)CC2)cc1. The van der Waals surface area contributed by atoms with E-state index in [0.29, 0.717) is 10.5 Å². The van der Waals surface area contributed by atoms with Crippen molar-refractivity contribution in [2.24, 2.45) is 0 Å². The molecule has 7 nitrogen and oxygen atoms in total. The van der Waals surface area contributed by atoms with Crippen molar-refractivity contribution in [1.82, 2.24) is 9.80 Å². The first-order valence-corrected chi connectivity index (χ1v) is 8.32. The summed E-state index contributed by atoms with van der Waals surface area (Å²) >= 11 is 0. The second kappa shape index (κ2) is 8.74. The number of amides is 2. The highest BCUT2D eigenvalue weighted by atomic mass is 19.4. The molecule has 1 aromatic carbocycles. The fourth-order valence-electron chi connectivity index (χ4n) is 2.59. The highest BCUT2D eigenvalue weighted by Gasteiger charge is 2.42. The van der Waals surface area contributed by atoms with E-state index in [1.807, 2.05) is 0 Å². The first-order valence-electron chi connectivity index (χ1n) is 8.32. The predicted molar refractivity (Wildman–Crippen MR) is 87.2 cm³/mol. The number of ether oxygens (including phenoxy) is 2. The van der Waals surface area contributed by atoms with Gasteiger partial charge in [-0.2, -0.15) is 13.2 Å². The number of rotatable bonds is 3. The second-order valence-electron chi connectivity index (χ2n) is 5.75. The van der Waals surface area contributed by atoms with E-state index in [1.165, 1.54) is 29.2 Å². The summed E-state index contributed by atoms with van der Waals surface area (Å²) in [6.45, 7) is 1.79. The molecule has 0 bridgehead atoms. The number of hydrogen-bond donors (Lipinski definition) is 0. The molecule has 0 aromatic heterocycles. The standard InChI is InChI=1S/C17H19F3N2O5/c1-2-26-16(25)27-13-6-4-12(5-7-13)14(23)21-8-3-9-22(11-10-21)15(24)17(18,19)20/h4-7H,2-3,8-11H2,1H3. The van der Waals surface area contributed by atoms with Gasteiger partial charge in [-0.3, -0.25) is 9.59 Å². The normalized spacial score (nSPS) is 15.1. The minimum absolute atomic E-state index is 0.00172. The molecule has 0 spiro atoms. The van der Waals surface area contributed by atoms with Gasteiger partial charge in [0.1, 0.15) is 5.75 Å². The zero-order valence-electron chi connectivity index (χ0n) is 14.6. The van der Waals surface area contributed by atoms with Crippen LogP contribution in [-0.2, 0) is 9.53 Å². The molecule has 1 aliphatic heterocycles. The molecule has 0 atom stereocenters. The second-order valence-corrected chi connectivity index (χ2v) is 5.75. The average Bonchev–Trinajstić information content (AvgIpc) is 2.86. The molecule has 148 valence electrons. The topological polar surface area (TPSA) is 76.2 Å². The number of hydrogen-bond acceptors (Lipinski definition) is 5. The first-order chi connectivity index (χ1) is 12.7. The first kappa shape index (κ1) is 20.5. The molecule has 2 rings (SSSR count). The summed E-state index contributed by atoms with van der Waals surface area (Å²) in [6.07, 6.45) is -5.54. The maximum absolute atomic E-state index is 12.5. The van der Waals surface area contributed by atoms with Crippen molar-refractivity contribution in [2.75, 3.05) is 32.8 Å². The maximum atomic E-state index is 12.5. The minimum atomic E-state index is -4.92. The van der Waals surface area contributed by atoms with E-state index in [2.05, 4.69) is 4.74 Å². The van der Waals surface area contributed by atoms with Crippen LogP contribution in [0.3, 0.4) is 0 Å². The van der Waals surface area contributed by atoms with Crippen molar-refractivity contribution in [1.29, 1.82) is 0 Å². The van der Waals surface area contributed by atoms with Crippen molar-refractivity contribution in [3.05, 3.63) is 29.8 Å². The highest BCUT2D eigenvalue weighted by Crippen LogP contribution is 2.20. The molecule has 1 aliphatic rings. The van der Waals surface area contributed by atoms with Gasteiger partial charge in [0.2, 0.25) is 0 Å². The third-order valence-electron chi connectivity index (χ3n) is 3.88. The fourth-order valence-corrected chi connectivity index (χ4v) is 2.59.